The Balaban J connectivity index is 3.20. The Morgan fingerprint density at radius 2 is 1.94 bits per heavy atom. The van der Waals surface area contributed by atoms with Crippen molar-refractivity contribution >= 4 is 17.7 Å². The van der Waals surface area contributed by atoms with Crippen molar-refractivity contribution in [2.45, 2.75) is 12.6 Å². The van der Waals surface area contributed by atoms with Gasteiger partial charge in [0, 0.05) is 5.69 Å². The number of rotatable bonds is 3. The first-order valence-corrected chi connectivity index (χ1v) is 4.68. The lowest BCUT2D eigenvalue weighted by Crippen LogP contribution is -2.21. The van der Waals surface area contributed by atoms with Gasteiger partial charge in [-0.05, 0) is 23.8 Å². The number of benzene rings is 1. The van der Waals surface area contributed by atoms with Gasteiger partial charge in [-0.1, -0.05) is 0 Å². The molecule has 0 bridgehead atoms. The summed E-state index contributed by atoms with van der Waals surface area (Å²) in [5, 5.41) is 10.7. The Labute approximate surface area is 99.4 Å². The number of nitrogens with one attached hydrogen (secondary N) is 1. The van der Waals surface area contributed by atoms with Crippen LogP contribution in [0.25, 0.3) is 0 Å². The van der Waals surface area contributed by atoms with Gasteiger partial charge in [-0.2, -0.15) is 13.2 Å². The second-order valence-electron chi connectivity index (χ2n) is 3.43. The highest BCUT2D eigenvalue weighted by atomic mass is 19.4. The normalized spacial score (nSPS) is 11.1. The van der Waals surface area contributed by atoms with Crippen molar-refractivity contribution in [3.8, 4) is 0 Å². The number of hydrogen-bond donors (Lipinski definition) is 3. The molecular formula is C10H9F3N2O3. The second kappa shape index (κ2) is 4.94. The molecule has 0 aliphatic rings. The molecule has 0 saturated heterocycles. The Morgan fingerprint density at radius 3 is 2.39 bits per heavy atom. The highest BCUT2D eigenvalue weighted by Crippen LogP contribution is 2.32. The number of hydrogen-bond acceptors (Lipinski definition) is 2. The van der Waals surface area contributed by atoms with E-state index in [4.69, 9.17) is 10.8 Å². The van der Waals surface area contributed by atoms with E-state index in [9.17, 15) is 22.8 Å². The first kappa shape index (κ1) is 13.8. The molecule has 2 amide bonds. The predicted molar refractivity (Wildman–Crippen MR) is 56.0 cm³/mol. The van der Waals surface area contributed by atoms with Crippen molar-refractivity contribution in [1.29, 1.82) is 0 Å². The summed E-state index contributed by atoms with van der Waals surface area (Å²) >= 11 is 0. The maximum Gasteiger partial charge on any atom is 0.416 e. The molecule has 0 spiro atoms. The number of nitrogens with two attached hydrogens (primary N) is 1. The lowest BCUT2D eigenvalue weighted by atomic mass is 10.1. The molecule has 0 aromatic heterocycles. The smallest absolute Gasteiger partial charge is 0.416 e. The van der Waals surface area contributed by atoms with E-state index in [-0.39, 0.29) is 11.3 Å². The van der Waals surface area contributed by atoms with Gasteiger partial charge < -0.3 is 16.2 Å². The number of primary amides is 1. The average Bonchev–Trinajstić information content (AvgIpc) is 2.17. The molecule has 98 valence electrons. The number of halogens is 3. The first-order valence-electron chi connectivity index (χ1n) is 4.68. The van der Waals surface area contributed by atoms with Crippen molar-refractivity contribution in [2.24, 2.45) is 5.73 Å². The molecule has 0 heterocycles. The van der Waals surface area contributed by atoms with Crippen molar-refractivity contribution in [1.82, 2.24) is 0 Å². The van der Waals surface area contributed by atoms with Crippen LogP contribution in [0.3, 0.4) is 0 Å². The summed E-state index contributed by atoms with van der Waals surface area (Å²) in [7, 11) is 0. The fourth-order valence-corrected chi connectivity index (χ4v) is 1.33. The molecule has 1 aromatic carbocycles. The Bertz CT molecular complexity index is 486. The van der Waals surface area contributed by atoms with Gasteiger partial charge in [0.05, 0.1) is 12.0 Å². The van der Waals surface area contributed by atoms with E-state index in [0.29, 0.717) is 6.07 Å². The number of anilines is 1. The van der Waals surface area contributed by atoms with E-state index in [0.717, 1.165) is 12.1 Å². The molecule has 0 fully saturated rings. The van der Waals surface area contributed by atoms with Crippen LogP contribution < -0.4 is 11.1 Å². The summed E-state index contributed by atoms with van der Waals surface area (Å²) in [5.41, 5.74) is 3.61. The number of aliphatic carboxylic acids is 1. The molecule has 1 rings (SSSR count). The summed E-state index contributed by atoms with van der Waals surface area (Å²) in [6.45, 7) is 0. The fraction of sp³-hybridized carbons (Fsp3) is 0.200. The molecule has 0 unspecified atom stereocenters. The van der Waals surface area contributed by atoms with Crippen molar-refractivity contribution in [3.05, 3.63) is 29.3 Å². The summed E-state index contributed by atoms with van der Waals surface area (Å²) in [5.74, 6) is -1.32. The molecule has 0 atom stereocenters. The van der Waals surface area contributed by atoms with Crippen LogP contribution in [0.2, 0.25) is 0 Å². The standard InChI is InChI=1S/C10H9F3N2O3/c11-10(12,13)6-1-2-7(15-9(14)18)5(3-6)4-8(16)17/h1-3H,4H2,(H,16,17)(H3,14,15,18). The summed E-state index contributed by atoms with van der Waals surface area (Å²) in [4.78, 5) is 21.2. The molecular weight excluding hydrogens is 253 g/mol. The number of urea groups is 1. The maximum absolute atomic E-state index is 12.4. The summed E-state index contributed by atoms with van der Waals surface area (Å²) in [6, 6.07) is 1.38. The largest absolute Gasteiger partial charge is 0.481 e. The molecule has 1 aromatic rings. The van der Waals surface area contributed by atoms with Gasteiger partial charge in [-0.15, -0.1) is 0 Å². The van der Waals surface area contributed by atoms with Crippen LogP contribution in [-0.4, -0.2) is 17.1 Å². The Hall–Kier alpha value is -2.25. The van der Waals surface area contributed by atoms with E-state index in [2.05, 4.69) is 5.32 Å². The van der Waals surface area contributed by atoms with Crippen LogP contribution >= 0.6 is 0 Å². The number of carbonyl (C=O) groups is 2. The van der Waals surface area contributed by atoms with Gasteiger partial charge >= 0.3 is 18.2 Å². The van der Waals surface area contributed by atoms with Gasteiger partial charge in [0.15, 0.2) is 0 Å². The number of carboxylic acid groups (broad SMARTS) is 1. The van der Waals surface area contributed by atoms with Gasteiger partial charge in [-0.25, -0.2) is 4.79 Å². The molecule has 4 N–H and O–H groups in total. The molecule has 18 heavy (non-hydrogen) atoms. The number of alkyl halides is 3. The molecule has 8 heteroatoms. The minimum Gasteiger partial charge on any atom is -0.481 e. The number of carbonyl (C=O) groups excluding carboxylic acids is 1. The number of carboxylic acids is 1. The zero-order valence-electron chi connectivity index (χ0n) is 8.91. The van der Waals surface area contributed by atoms with Crippen molar-refractivity contribution < 1.29 is 27.9 Å². The van der Waals surface area contributed by atoms with Crippen LogP contribution in [0, 0.1) is 0 Å². The monoisotopic (exact) mass is 262 g/mol. The van der Waals surface area contributed by atoms with Crippen LogP contribution in [0.15, 0.2) is 18.2 Å². The number of amides is 2. The van der Waals surface area contributed by atoms with E-state index in [1.807, 2.05) is 0 Å². The van der Waals surface area contributed by atoms with Crippen molar-refractivity contribution in [3.63, 3.8) is 0 Å². The van der Waals surface area contributed by atoms with E-state index < -0.39 is 30.2 Å². The van der Waals surface area contributed by atoms with Gasteiger partial charge in [0.2, 0.25) is 0 Å². The minimum absolute atomic E-state index is 0.0575. The van der Waals surface area contributed by atoms with E-state index >= 15 is 0 Å². The summed E-state index contributed by atoms with van der Waals surface area (Å²) in [6.07, 6.45) is -5.24. The highest BCUT2D eigenvalue weighted by Gasteiger charge is 2.31. The Kier molecular flexibility index (Phi) is 3.79. The zero-order valence-corrected chi connectivity index (χ0v) is 8.91. The molecule has 5 nitrogen and oxygen atoms in total. The first-order chi connectivity index (χ1) is 8.20. The van der Waals surface area contributed by atoms with Gasteiger partial charge in [-0.3, -0.25) is 4.79 Å². The van der Waals surface area contributed by atoms with E-state index in [1.54, 1.807) is 0 Å². The van der Waals surface area contributed by atoms with Crippen molar-refractivity contribution in [2.75, 3.05) is 5.32 Å². The van der Waals surface area contributed by atoms with Crippen LogP contribution in [0.1, 0.15) is 11.1 Å². The Morgan fingerprint density at radius 1 is 1.33 bits per heavy atom. The molecule has 0 saturated carbocycles. The minimum atomic E-state index is -4.58. The lowest BCUT2D eigenvalue weighted by molar-refractivity contribution is -0.138. The van der Waals surface area contributed by atoms with Gasteiger partial charge in [0.1, 0.15) is 0 Å². The van der Waals surface area contributed by atoms with Crippen LogP contribution in [0.4, 0.5) is 23.7 Å². The predicted octanol–water partition coefficient (Wildman–Crippen LogP) is 1.82. The van der Waals surface area contributed by atoms with Crippen LogP contribution in [-0.2, 0) is 17.4 Å². The third-order valence-corrected chi connectivity index (χ3v) is 2.03. The molecule has 0 aliphatic heterocycles. The van der Waals surface area contributed by atoms with Crippen LogP contribution in [0.5, 0.6) is 0 Å². The molecule has 0 aliphatic carbocycles. The zero-order chi connectivity index (χ0) is 13.9. The SMILES string of the molecule is NC(=O)Nc1ccc(C(F)(F)F)cc1CC(=O)O. The maximum atomic E-state index is 12.4. The van der Waals surface area contributed by atoms with E-state index in [1.165, 1.54) is 0 Å². The average molecular weight is 262 g/mol. The third-order valence-electron chi connectivity index (χ3n) is 2.03. The fourth-order valence-electron chi connectivity index (χ4n) is 1.33. The molecule has 0 radical (unpaired) electrons. The topological polar surface area (TPSA) is 92.4 Å². The summed E-state index contributed by atoms with van der Waals surface area (Å²) < 4.78 is 37.3. The lowest BCUT2D eigenvalue weighted by Gasteiger charge is -2.12. The third kappa shape index (κ3) is 3.65. The van der Waals surface area contributed by atoms with Gasteiger partial charge in [0.25, 0.3) is 0 Å². The highest BCUT2D eigenvalue weighted by molar-refractivity contribution is 5.89. The quantitative estimate of drug-likeness (QED) is 0.775. The second-order valence-corrected chi connectivity index (χ2v) is 3.43.